The Balaban J connectivity index is 4.68. The molecule has 0 aromatic heterocycles. The fourth-order valence-electron chi connectivity index (χ4n) is 10.7. The summed E-state index contributed by atoms with van der Waals surface area (Å²) in [5, 5.41) is 0. The monoisotopic (exact) mass is 961 g/mol. The van der Waals surface area contributed by atoms with Crippen molar-refractivity contribution in [3.05, 3.63) is 0 Å². The van der Waals surface area contributed by atoms with Crippen LogP contribution in [0.15, 0.2) is 0 Å². The van der Waals surface area contributed by atoms with Gasteiger partial charge in [-0.3, -0.25) is 0 Å². The zero-order valence-electron chi connectivity index (χ0n) is 48.3. The highest BCUT2D eigenvalue weighted by Crippen LogP contribution is 2.25. The van der Waals surface area contributed by atoms with E-state index in [-0.39, 0.29) is 0 Å². The first-order chi connectivity index (χ1) is 33.7. The third-order valence-electron chi connectivity index (χ3n) is 15.5. The number of unbranched alkanes of at least 4 members (excludes halogenated alkanes) is 39. The highest BCUT2D eigenvalue weighted by atomic mass is 16.5. The Hall–Kier alpha value is -0.160. The summed E-state index contributed by atoms with van der Waals surface area (Å²) in [6.45, 7) is 22.0. The lowest BCUT2D eigenvalue weighted by Gasteiger charge is -2.23. The van der Waals surface area contributed by atoms with Crippen molar-refractivity contribution in [2.45, 2.75) is 343 Å². The summed E-state index contributed by atoms with van der Waals surface area (Å²) in [7, 11) is 0. The second-order valence-corrected chi connectivity index (χ2v) is 22.3. The van der Waals surface area contributed by atoms with Gasteiger partial charge in [-0.05, 0) is 57.8 Å². The molecular weight excluding hydrogens is 829 g/mol. The van der Waals surface area contributed by atoms with Crippen LogP contribution in [0, 0.1) is 5.92 Å². The standard InChI is InChI=1S/C64H132N2O2/c1-6-11-16-21-26-27-28-29-30-31-32-35-42-49-56-66(57-50-43-36-39-46-53-64(51-44-37-24-19-14-9-4)52-45-38-25-20-15-10-5)59-61-68-63-62-67-60-58-65(54-47-40-33-22-17-12-7-2)55-48-41-34-23-18-13-8-3/h64H,6-63H2,1-5H3. The lowest BCUT2D eigenvalue weighted by molar-refractivity contribution is 0.0305. The summed E-state index contributed by atoms with van der Waals surface area (Å²) >= 11 is 0. The van der Waals surface area contributed by atoms with E-state index in [9.17, 15) is 0 Å². The van der Waals surface area contributed by atoms with Crippen LogP contribution in [0.5, 0.6) is 0 Å². The highest BCUT2D eigenvalue weighted by Gasteiger charge is 2.11. The molecule has 68 heavy (non-hydrogen) atoms. The predicted octanol–water partition coefficient (Wildman–Crippen LogP) is 21.1. The number of nitrogens with zero attached hydrogens (tertiary/aromatic N) is 2. The molecule has 0 amide bonds. The van der Waals surface area contributed by atoms with Crippen molar-refractivity contribution >= 4 is 0 Å². The molecule has 0 saturated heterocycles. The molecule has 0 unspecified atom stereocenters. The molecule has 4 nitrogen and oxygen atoms in total. The normalized spacial score (nSPS) is 12.0. The molecule has 0 N–H and O–H groups in total. The average molecular weight is 962 g/mol. The van der Waals surface area contributed by atoms with Crippen LogP contribution in [-0.4, -0.2) is 75.5 Å². The molecule has 0 bridgehead atoms. The third kappa shape index (κ3) is 55.2. The summed E-state index contributed by atoms with van der Waals surface area (Å²) in [5.41, 5.74) is 0. The van der Waals surface area contributed by atoms with E-state index in [0.29, 0.717) is 0 Å². The van der Waals surface area contributed by atoms with Gasteiger partial charge < -0.3 is 19.3 Å². The van der Waals surface area contributed by atoms with Gasteiger partial charge in [-0.2, -0.15) is 0 Å². The molecular formula is C64H132N2O2. The van der Waals surface area contributed by atoms with Crippen LogP contribution < -0.4 is 0 Å². The third-order valence-corrected chi connectivity index (χ3v) is 15.5. The molecule has 0 saturated carbocycles. The quantitative estimate of drug-likeness (QED) is 0.0567. The largest absolute Gasteiger partial charge is 0.378 e. The van der Waals surface area contributed by atoms with Crippen LogP contribution in [0.4, 0.5) is 0 Å². The van der Waals surface area contributed by atoms with Crippen molar-refractivity contribution in [1.29, 1.82) is 0 Å². The molecule has 0 fully saturated rings. The van der Waals surface area contributed by atoms with Gasteiger partial charge in [0.25, 0.3) is 0 Å². The van der Waals surface area contributed by atoms with E-state index in [1.165, 1.54) is 334 Å². The molecule has 0 rings (SSSR count). The van der Waals surface area contributed by atoms with Crippen molar-refractivity contribution in [2.24, 2.45) is 5.92 Å². The minimum absolute atomic E-state index is 0.737. The Morgan fingerprint density at radius 1 is 0.206 bits per heavy atom. The maximum atomic E-state index is 6.24. The molecule has 4 heteroatoms. The fraction of sp³-hybridized carbons (Fsp3) is 1.00. The minimum Gasteiger partial charge on any atom is -0.378 e. The maximum Gasteiger partial charge on any atom is 0.0701 e. The van der Waals surface area contributed by atoms with E-state index >= 15 is 0 Å². The first-order valence-electron chi connectivity index (χ1n) is 32.3. The Kier molecular flexibility index (Phi) is 61.0. The topological polar surface area (TPSA) is 24.9 Å². The Morgan fingerprint density at radius 2 is 0.397 bits per heavy atom. The van der Waals surface area contributed by atoms with Gasteiger partial charge in [0, 0.05) is 13.1 Å². The summed E-state index contributed by atoms with van der Waals surface area (Å²) in [5.74, 6) is 0.993. The maximum absolute atomic E-state index is 6.24. The Morgan fingerprint density at radius 3 is 0.618 bits per heavy atom. The Bertz CT molecular complexity index is 835. The van der Waals surface area contributed by atoms with Gasteiger partial charge in [0.2, 0.25) is 0 Å². The molecule has 0 atom stereocenters. The zero-order chi connectivity index (χ0) is 49.2. The number of hydrogen-bond acceptors (Lipinski definition) is 4. The molecule has 410 valence electrons. The molecule has 0 aliphatic carbocycles. The van der Waals surface area contributed by atoms with Crippen molar-refractivity contribution in [3.63, 3.8) is 0 Å². The van der Waals surface area contributed by atoms with Gasteiger partial charge in [0.1, 0.15) is 0 Å². The SMILES string of the molecule is CCCCCCCCCCCCCCCCN(CCCCCCCC(CCCCCCCC)CCCCCCCC)CCOCCOCCN(CCCCCCCCC)CCCCCCCCC. The van der Waals surface area contributed by atoms with Crippen molar-refractivity contribution in [3.8, 4) is 0 Å². The van der Waals surface area contributed by atoms with Gasteiger partial charge >= 0.3 is 0 Å². The fourth-order valence-corrected chi connectivity index (χ4v) is 10.7. The first kappa shape index (κ1) is 67.8. The second kappa shape index (κ2) is 61.1. The van der Waals surface area contributed by atoms with Gasteiger partial charge in [-0.15, -0.1) is 0 Å². The van der Waals surface area contributed by atoms with Crippen LogP contribution in [0.1, 0.15) is 343 Å². The number of rotatable bonds is 62. The molecule has 0 heterocycles. The summed E-state index contributed by atoms with van der Waals surface area (Å²) < 4.78 is 12.4. The second-order valence-electron chi connectivity index (χ2n) is 22.3. The van der Waals surface area contributed by atoms with Crippen molar-refractivity contribution < 1.29 is 9.47 Å². The van der Waals surface area contributed by atoms with Gasteiger partial charge in [0.15, 0.2) is 0 Å². The van der Waals surface area contributed by atoms with Crippen LogP contribution >= 0.6 is 0 Å². The van der Waals surface area contributed by atoms with Crippen molar-refractivity contribution in [1.82, 2.24) is 9.80 Å². The van der Waals surface area contributed by atoms with Crippen LogP contribution in [0.2, 0.25) is 0 Å². The first-order valence-corrected chi connectivity index (χ1v) is 32.3. The lowest BCUT2D eigenvalue weighted by atomic mass is 9.89. The predicted molar refractivity (Wildman–Crippen MR) is 308 cm³/mol. The van der Waals surface area contributed by atoms with Crippen LogP contribution in [0.25, 0.3) is 0 Å². The summed E-state index contributed by atoms with van der Waals surface area (Å²) in [6, 6.07) is 0. The summed E-state index contributed by atoms with van der Waals surface area (Å²) in [6.07, 6.45) is 68.5. The van der Waals surface area contributed by atoms with E-state index < -0.39 is 0 Å². The minimum atomic E-state index is 0.737. The van der Waals surface area contributed by atoms with E-state index in [0.717, 1.165) is 45.4 Å². The van der Waals surface area contributed by atoms with Gasteiger partial charge in [-0.1, -0.05) is 317 Å². The molecule has 0 aromatic carbocycles. The van der Waals surface area contributed by atoms with Gasteiger partial charge in [-0.25, -0.2) is 0 Å². The summed E-state index contributed by atoms with van der Waals surface area (Å²) in [4.78, 5) is 5.46. The number of ether oxygens (including phenoxy) is 2. The Labute approximate surface area is 431 Å². The van der Waals surface area contributed by atoms with Crippen LogP contribution in [-0.2, 0) is 9.47 Å². The lowest BCUT2D eigenvalue weighted by Crippen LogP contribution is -2.31. The van der Waals surface area contributed by atoms with Gasteiger partial charge in [0.05, 0.1) is 26.4 Å². The van der Waals surface area contributed by atoms with Crippen LogP contribution in [0.3, 0.4) is 0 Å². The highest BCUT2D eigenvalue weighted by molar-refractivity contribution is 4.65. The van der Waals surface area contributed by atoms with E-state index in [1.54, 1.807) is 0 Å². The molecule has 0 radical (unpaired) electrons. The molecule has 0 aliphatic rings. The smallest absolute Gasteiger partial charge is 0.0701 e. The van der Waals surface area contributed by atoms with E-state index in [4.69, 9.17) is 9.47 Å². The van der Waals surface area contributed by atoms with E-state index in [1.807, 2.05) is 0 Å². The zero-order valence-corrected chi connectivity index (χ0v) is 48.3. The van der Waals surface area contributed by atoms with E-state index in [2.05, 4.69) is 44.4 Å². The number of hydrogen-bond donors (Lipinski definition) is 0. The molecule has 0 spiro atoms. The average Bonchev–Trinajstić information content (AvgIpc) is 3.35. The van der Waals surface area contributed by atoms with Crippen molar-refractivity contribution in [2.75, 3.05) is 65.7 Å². The molecule has 0 aromatic rings. The molecule has 0 aliphatic heterocycles.